The van der Waals surface area contributed by atoms with Crippen LogP contribution in [0.2, 0.25) is 0 Å². The number of rotatable bonds is 3. The van der Waals surface area contributed by atoms with Gasteiger partial charge in [-0.15, -0.1) is 0 Å². The van der Waals surface area contributed by atoms with Crippen molar-refractivity contribution in [3.8, 4) is 0 Å². The largest absolute Gasteiger partial charge is 0.378 e. The second-order valence-electron chi connectivity index (χ2n) is 4.88. The number of pyridine rings is 1. The highest BCUT2D eigenvalue weighted by molar-refractivity contribution is 9.09. The molecular formula is C15H17BrN2O. The van der Waals surface area contributed by atoms with Crippen molar-refractivity contribution in [2.24, 2.45) is 0 Å². The monoisotopic (exact) mass is 320 g/mol. The van der Waals surface area contributed by atoms with Gasteiger partial charge in [-0.05, 0) is 23.8 Å². The molecule has 0 N–H and O–H groups in total. The van der Waals surface area contributed by atoms with Gasteiger partial charge in [0.2, 0.25) is 0 Å². The van der Waals surface area contributed by atoms with Crippen LogP contribution in [0.5, 0.6) is 0 Å². The van der Waals surface area contributed by atoms with Crippen molar-refractivity contribution in [2.75, 3.05) is 25.1 Å². The Hall–Kier alpha value is -0.970. The smallest absolute Gasteiger partial charge is 0.0702 e. The normalized spacial score (nSPS) is 20.8. The van der Waals surface area contributed by atoms with Gasteiger partial charge in [0, 0.05) is 36.0 Å². The molecule has 1 aromatic heterocycles. The van der Waals surface area contributed by atoms with Crippen LogP contribution in [0.25, 0.3) is 10.9 Å². The van der Waals surface area contributed by atoms with Gasteiger partial charge in [-0.3, -0.25) is 9.88 Å². The van der Waals surface area contributed by atoms with Crippen molar-refractivity contribution in [3.63, 3.8) is 0 Å². The standard InChI is InChI=1S/C15H17BrN2O/c16-9-14-11-19-7-6-18(14)10-12-3-4-15-13(8-12)2-1-5-17-15/h1-5,8,14H,6-7,9-11H2. The molecular weight excluding hydrogens is 304 g/mol. The SMILES string of the molecule is BrCC1COCCN1Cc1ccc2ncccc2c1. The van der Waals surface area contributed by atoms with Gasteiger partial charge in [0.25, 0.3) is 0 Å². The summed E-state index contributed by atoms with van der Waals surface area (Å²) in [5.41, 5.74) is 2.40. The summed E-state index contributed by atoms with van der Waals surface area (Å²) in [4.78, 5) is 6.84. The molecule has 19 heavy (non-hydrogen) atoms. The predicted octanol–water partition coefficient (Wildman–Crippen LogP) is 2.83. The van der Waals surface area contributed by atoms with Gasteiger partial charge in [-0.2, -0.15) is 0 Å². The first-order chi connectivity index (χ1) is 9.36. The van der Waals surface area contributed by atoms with E-state index in [-0.39, 0.29) is 0 Å². The van der Waals surface area contributed by atoms with Crippen molar-refractivity contribution in [1.82, 2.24) is 9.88 Å². The zero-order chi connectivity index (χ0) is 13.1. The molecule has 1 fully saturated rings. The number of alkyl halides is 1. The minimum Gasteiger partial charge on any atom is -0.378 e. The lowest BCUT2D eigenvalue weighted by atomic mass is 10.1. The topological polar surface area (TPSA) is 25.4 Å². The van der Waals surface area contributed by atoms with Gasteiger partial charge >= 0.3 is 0 Å². The van der Waals surface area contributed by atoms with Crippen molar-refractivity contribution < 1.29 is 4.74 Å². The van der Waals surface area contributed by atoms with Crippen molar-refractivity contribution in [1.29, 1.82) is 0 Å². The molecule has 0 bridgehead atoms. The highest BCUT2D eigenvalue weighted by atomic mass is 79.9. The predicted molar refractivity (Wildman–Crippen MR) is 80.6 cm³/mol. The molecule has 0 spiro atoms. The molecule has 2 heterocycles. The van der Waals surface area contributed by atoms with Crippen LogP contribution in [0.1, 0.15) is 5.56 Å². The Balaban J connectivity index is 1.80. The zero-order valence-electron chi connectivity index (χ0n) is 10.8. The van der Waals surface area contributed by atoms with Gasteiger partial charge in [-0.25, -0.2) is 0 Å². The number of aromatic nitrogens is 1. The van der Waals surface area contributed by atoms with Crippen LogP contribution < -0.4 is 0 Å². The van der Waals surface area contributed by atoms with Crippen LogP contribution in [0, 0.1) is 0 Å². The van der Waals surface area contributed by atoms with Crippen LogP contribution in [0.15, 0.2) is 36.5 Å². The number of ether oxygens (including phenoxy) is 1. The maximum Gasteiger partial charge on any atom is 0.0702 e. The summed E-state index contributed by atoms with van der Waals surface area (Å²) < 4.78 is 5.53. The first-order valence-electron chi connectivity index (χ1n) is 6.58. The summed E-state index contributed by atoms with van der Waals surface area (Å²) in [6.45, 7) is 3.63. The van der Waals surface area contributed by atoms with Gasteiger partial charge in [0.05, 0.1) is 18.7 Å². The Morgan fingerprint density at radius 1 is 1.37 bits per heavy atom. The Labute approximate surface area is 121 Å². The molecule has 3 rings (SSSR count). The summed E-state index contributed by atoms with van der Waals surface area (Å²) in [5.74, 6) is 0. The van der Waals surface area contributed by atoms with Crippen LogP contribution in [-0.4, -0.2) is 41.0 Å². The van der Waals surface area contributed by atoms with Crippen LogP contribution in [0.3, 0.4) is 0 Å². The molecule has 0 radical (unpaired) electrons. The molecule has 100 valence electrons. The molecule has 3 nitrogen and oxygen atoms in total. The number of nitrogens with zero attached hydrogens (tertiary/aromatic N) is 2. The van der Waals surface area contributed by atoms with Gasteiger partial charge in [0.1, 0.15) is 0 Å². The maximum atomic E-state index is 5.53. The number of hydrogen-bond donors (Lipinski definition) is 0. The second kappa shape index (κ2) is 5.99. The summed E-state index contributed by atoms with van der Waals surface area (Å²) >= 11 is 3.57. The number of benzene rings is 1. The lowest BCUT2D eigenvalue weighted by Gasteiger charge is -2.34. The van der Waals surface area contributed by atoms with E-state index in [9.17, 15) is 0 Å². The molecule has 1 unspecified atom stereocenters. The second-order valence-corrected chi connectivity index (χ2v) is 5.53. The van der Waals surface area contributed by atoms with E-state index in [1.165, 1.54) is 10.9 Å². The molecule has 0 saturated carbocycles. The third kappa shape index (κ3) is 2.96. The maximum absolute atomic E-state index is 5.53. The highest BCUT2D eigenvalue weighted by Gasteiger charge is 2.21. The Kier molecular flexibility index (Phi) is 4.11. The molecule has 1 aliphatic rings. The number of morpholine rings is 1. The molecule has 0 aliphatic carbocycles. The van der Waals surface area contributed by atoms with E-state index >= 15 is 0 Å². The fraction of sp³-hybridized carbons (Fsp3) is 0.400. The minimum atomic E-state index is 0.471. The third-order valence-corrected chi connectivity index (χ3v) is 4.33. The highest BCUT2D eigenvalue weighted by Crippen LogP contribution is 2.18. The van der Waals surface area contributed by atoms with Crippen LogP contribution in [-0.2, 0) is 11.3 Å². The Bertz CT molecular complexity index is 561. The average molecular weight is 321 g/mol. The van der Waals surface area contributed by atoms with E-state index in [1.54, 1.807) is 0 Å². The van der Waals surface area contributed by atoms with Crippen LogP contribution >= 0.6 is 15.9 Å². The number of halogens is 1. The molecule has 1 saturated heterocycles. The molecule has 1 atom stereocenters. The van der Waals surface area contributed by atoms with E-state index < -0.39 is 0 Å². The van der Waals surface area contributed by atoms with E-state index in [4.69, 9.17) is 4.74 Å². The van der Waals surface area contributed by atoms with Gasteiger partial charge in [0.15, 0.2) is 0 Å². The van der Waals surface area contributed by atoms with Gasteiger partial charge < -0.3 is 4.74 Å². The molecule has 1 aromatic carbocycles. The Morgan fingerprint density at radius 3 is 3.21 bits per heavy atom. The number of hydrogen-bond acceptors (Lipinski definition) is 3. The Morgan fingerprint density at radius 2 is 2.32 bits per heavy atom. The molecule has 0 amide bonds. The lowest BCUT2D eigenvalue weighted by Crippen LogP contribution is -2.45. The first-order valence-corrected chi connectivity index (χ1v) is 7.70. The molecule has 4 heteroatoms. The van der Waals surface area contributed by atoms with E-state index in [1.807, 2.05) is 12.3 Å². The number of fused-ring (bicyclic) bond motifs is 1. The summed E-state index contributed by atoms with van der Waals surface area (Å²) in [5, 5.41) is 2.17. The molecule has 1 aliphatic heterocycles. The van der Waals surface area contributed by atoms with Crippen molar-refractivity contribution >= 4 is 26.8 Å². The van der Waals surface area contributed by atoms with E-state index in [0.29, 0.717) is 6.04 Å². The minimum absolute atomic E-state index is 0.471. The first kappa shape index (κ1) is 13.0. The summed E-state index contributed by atoms with van der Waals surface area (Å²) in [7, 11) is 0. The van der Waals surface area contributed by atoms with E-state index in [2.05, 4.69) is 50.1 Å². The van der Waals surface area contributed by atoms with Crippen molar-refractivity contribution in [2.45, 2.75) is 12.6 Å². The zero-order valence-corrected chi connectivity index (χ0v) is 12.3. The fourth-order valence-electron chi connectivity index (χ4n) is 2.50. The fourth-order valence-corrected chi connectivity index (χ4v) is 3.09. The third-order valence-electron chi connectivity index (χ3n) is 3.58. The summed E-state index contributed by atoms with van der Waals surface area (Å²) in [6, 6.07) is 11.1. The quantitative estimate of drug-likeness (QED) is 0.813. The average Bonchev–Trinajstić information content (AvgIpc) is 2.48. The lowest BCUT2D eigenvalue weighted by molar-refractivity contribution is -0.00210. The molecule has 2 aromatic rings. The van der Waals surface area contributed by atoms with Crippen molar-refractivity contribution in [3.05, 3.63) is 42.1 Å². The van der Waals surface area contributed by atoms with Crippen LogP contribution in [0.4, 0.5) is 0 Å². The summed E-state index contributed by atoms with van der Waals surface area (Å²) in [6.07, 6.45) is 1.84. The van der Waals surface area contributed by atoms with E-state index in [0.717, 1.165) is 37.2 Å². The van der Waals surface area contributed by atoms with Gasteiger partial charge in [-0.1, -0.05) is 28.1 Å².